The number of hydrogen-bond donors (Lipinski definition) is 3. The molecule has 0 saturated carbocycles. The Morgan fingerprint density at radius 3 is 2.67 bits per heavy atom. The van der Waals surface area contributed by atoms with Gasteiger partial charge in [0, 0.05) is 44.1 Å². The van der Waals surface area contributed by atoms with Crippen molar-refractivity contribution in [3.05, 3.63) is 24.3 Å². The van der Waals surface area contributed by atoms with Crippen molar-refractivity contribution >= 4 is 22.6 Å². The van der Waals surface area contributed by atoms with Gasteiger partial charge >= 0.3 is 0 Å². The summed E-state index contributed by atoms with van der Waals surface area (Å²) in [6, 6.07) is 8.03. The maximum absolute atomic E-state index is 10.4. The molecular formula is C14H24N4O2S. The number of nitrogen functional groups attached to an aromatic ring is 1. The summed E-state index contributed by atoms with van der Waals surface area (Å²) in [7, 11) is 0. The molecule has 118 valence electrons. The van der Waals surface area contributed by atoms with E-state index in [0.717, 1.165) is 51.3 Å². The molecule has 6 nitrogen and oxygen atoms in total. The summed E-state index contributed by atoms with van der Waals surface area (Å²) < 4.78 is 21.5. The minimum absolute atomic E-state index is 0.590. The first-order valence-corrected chi connectivity index (χ1v) is 8.43. The van der Waals surface area contributed by atoms with Crippen LogP contribution in [0, 0.1) is 0 Å². The molecule has 0 spiro atoms. The van der Waals surface area contributed by atoms with Gasteiger partial charge in [0.2, 0.25) is 11.3 Å². The second-order valence-electron chi connectivity index (χ2n) is 5.27. The van der Waals surface area contributed by atoms with Crippen LogP contribution in [-0.2, 0) is 11.3 Å². The molecule has 4 N–H and O–H groups in total. The van der Waals surface area contributed by atoms with Gasteiger partial charge in [-0.2, -0.15) is 0 Å². The number of nitrogens with two attached hydrogens (primary N) is 1. The molecule has 0 amide bonds. The van der Waals surface area contributed by atoms with Crippen LogP contribution in [0.25, 0.3) is 0 Å². The lowest BCUT2D eigenvalue weighted by Crippen LogP contribution is -2.46. The van der Waals surface area contributed by atoms with Crippen molar-refractivity contribution in [3.8, 4) is 0 Å². The Hall–Kier alpha value is -1.15. The second kappa shape index (κ2) is 8.33. The third kappa shape index (κ3) is 5.62. The molecule has 1 aliphatic rings. The number of hydrogen-bond acceptors (Lipinski definition) is 4. The molecule has 7 heteroatoms. The van der Waals surface area contributed by atoms with Crippen molar-refractivity contribution in [3.63, 3.8) is 0 Å². The smallest absolute Gasteiger partial charge is 0.231 e. The fourth-order valence-electron chi connectivity index (χ4n) is 2.57. The summed E-state index contributed by atoms with van der Waals surface area (Å²) >= 11 is -1.88. The van der Waals surface area contributed by atoms with Crippen molar-refractivity contribution in [2.24, 2.45) is 0 Å². The highest BCUT2D eigenvalue weighted by molar-refractivity contribution is 7.77. The van der Waals surface area contributed by atoms with E-state index in [-0.39, 0.29) is 0 Å². The van der Waals surface area contributed by atoms with Gasteiger partial charge in [-0.3, -0.25) is 9.45 Å². The molecule has 1 unspecified atom stereocenters. The minimum atomic E-state index is -1.88. The lowest BCUT2D eigenvalue weighted by Gasteiger charge is -2.36. The molecule has 21 heavy (non-hydrogen) atoms. The fourth-order valence-corrected chi connectivity index (χ4v) is 2.89. The predicted molar refractivity (Wildman–Crippen MR) is 87.5 cm³/mol. The normalized spacial score (nSPS) is 17.9. The number of rotatable bonds is 7. The first-order valence-electron chi connectivity index (χ1n) is 7.32. The Kier molecular flexibility index (Phi) is 6.44. The molecule has 1 atom stereocenters. The topological polar surface area (TPSA) is 81.8 Å². The van der Waals surface area contributed by atoms with E-state index in [1.807, 2.05) is 18.2 Å². The Labute approximate surface area is 128 Å². The van der Waals surface area contributed by atoms with Gasteiger partial charge in [-0.05, 0) is 37.6 Å². The molecule has 1 aromatic rings. The van der Waals surface area contributed by atoms with Gasteiger partial charge in [-0.15, -0.1) is 0 Å². The molecule has 0 radical (unpaired) electrons. The van der Waals surface area contributed by atoms with Gasteiger partial charge < -0.3 is 10.6 Å². The lowest BCUT2D eigenvalue weighted by atomic mass is 10.2. The Bertz CT molecular complexity index is 464. The van der Waals surface area contributed by atoms with Crippen LogP contribution in [-0.4, -0.2) is 52.9 Å². The maximum atomic E-state index is 10.4. The highest BCUT2D eigenvalue weighted by atomic mass is 32.2. The maximum Gasteiger partial charge on any atom is 0.231 e. The molecule has 1 heterocycles. The first kappa shape index (κ1) is 16.2. The highest BCUT2D eigenvalue weighted by Crippen LogP contribution is 2.19. The number of nitrogens with one attached hydrogen (secondary N) is 1. The third-order valence-corrected chi connectivity index (χ3v) is 4.19. The van der Waals surface area contributed by atoms with E-state index in [1.165, 1.54) is 5.69 Å². The summed E-state index contributed by atoms with van der Waals surface area (Å²) in [5, 5.41) is 0. The van der Waals surface area contributed by atoms with E-state index in [4.69, 9.17) is 10.3 Å². The SMILES string of the molecule is Nc1cccc(N2CCN(CCCCNS(=O)O)CC2)c1. The monoisotopic (exact) mass is 312 g/mol. The van der Waals surface area contributed by atoms with Crippen molar-refractivity contribution in [2.45, 2.75) is 12.8 Å². The highest BCUT2D eigenvalue weighted by Gasteiger charge is 2.16. The Balaban J connectivity index is 1.65. The summed E-state index contributed by atoms with van der Waals surface area (Å²) in [5.41, 5.74) is 7.83. The molecule has 1 aromatic carbocycles. The molecular weight excluding hydrogens is 288 g/mol. The van der Waals surface area contributed by atoms with Gasteiger partial charge in [0.15, 0.2) is 0 Å². The van der Waals surface area contributed by atoms with Crippen molar-refractivity contribution < 1.29 is 8.76 Å². The summed E-state index contributed by atoms with van der Waals surface area (Å²) in [4.78, 5) is 4.81. The van der Waals surface area contributed by atoms with Crippen LogP contribution >= 0.6 is 0 Å². The molecule has 0 aliphatic carbocycles. The number of piperazine rings is 1. The second-order valence-corrected chi connectivity index (χ2v) is 6.06. The van der Waals surface area contributed by atoms with Crippen molar-refractivity contribution in [1.29, 1.82) is 0 Å². The third-order valence-electron chi connectivity index (χ3n) is 3.73. The zero-order valence-electron chi connectivity index (χ0n) is 12.2. The van der Waals surface area contributed by atoms with Gasteiger partial charge in [0.1, 0.15) is 0 Å². The van der Waals surface area contributed by atoms with Crippen LogP contribution in [0.15, 0.2) is 24.3 Å². The van der Waals surface area contributed by atoms with Crippen LogP contribution in [0.2, 0.25) is 0 Å². The molecule has 1 saturated heterocycles. The zero-order chi connectivity index (χ0) is 15.1. The van der Waals surface area contributed by atoms with Crippen molar-refractivity contribution in [2.75, 3.05) is 49.9 Å². The van der Waals surface area contributed by atoms with Crippen LogP contribution in [0.4, 0.5) is 11.4 Å². The van der Waals surface area contributed by atoms with Gasteiger partial charge in [0.05, 0.1) is 0 Å². The van der Waals surface area contributed by atoms with E-state index in [0.29, 0.717) is 6.54 Å². The number of benzene rings is 1. The average molecular weight is 312 g/mol. The molecule has 0 bridgehead atoms. The van der Waals surface area contributed by atoms with E-state index < -0.39 is 11.3 Å². The van der Waals surface area contributed by atoms with Gasteiger partial charge in [-0.25, -0.2) is 8.93 Å². The molecule has 1 aliphatic heterocycles. The molecule has 1 fully saturated rings. The predicted octanol–water partition coefficient (Wildman–Crippen LogP) is 0.897. The van der Waals surface area contributed by atoms with E-state index in [1.54, 1.807) is 0 Å². The Morgan fingerprint density at radius 2 is 2.00 bits per heavy atom. The zero-order valence-corrected chi connectivity index (χ0v) is 13.0. The lowest BCUT2D eigenvalue weighted by molar-refractivity contribution is 0.253. The Morgan fingerprint density at radius 1 is 1.24 bits per heavy atom. The van der Waals surface area contributed by atoms with Crippen LogP contribution in [0.1, 0.15) is 12.8 Å². The van der Waals surface area contributed by atoms with Crippen LogP contribution < -0.4 is 15.4 Å². The quantitative estimate of drug-likeness (QED) is 0.396. The van der Waals surface area contributed by atoms with E-state index in [9.17, 15) is 4.21 Å². The van der Waals surface area contributed by atoms with Gasteiger partial charge in [-0.1, -0.05) is 6.07 Å². The summed E-state index contributed by atoms with van der Waals surface area (Å²) in [6.07, 6.45) is 1.96. The largest absolute Gasteiger partial charge is 0.399 e. The van der Waals surface area contributed by atoms with E-state index in [2.05, 4.69) is 20.6 Å². The summed E-state index contributed by atoms with van der Waals surface area (Å²) in [5.74, 6) is 0. The van der Waals surface area contributed by atoms with Crippen LogP contribution in [0.5, 0.6) is 0 Å². The number of unbranched alkanes of at least 4 members (excludes halogenated alkanes) is 1. The standard InChI is InChI=1S/C14H24N4O2S/c15-13-4-3-5-14(12-13)18-10-8-17(9-11-18)7-2-1-6-16-21(19)20/h3-5,12,16H,1-2,6-11,15H2,(H,19,20). The number of anilines is 2. The fraction of sp³-hybridized carbons (Fsp3) is 0.571. The number of nitrogens with zero attached hydrogens (tertiary/aromatic N) is 2. The minimum Gasteiger partial charge on any atom is -0.399 e. The first-order chi connectivity index (χ1) is 10.1. The van der Waals surface area contributed by atoms with Crippen LogP contribution in [0.3, 0.4) is 0 Å². The van der Waals surface area contributed by atoms with Gasteiger partial charge in [0.25, 0.3) is 0 Å². The average Bonchev–Trinajstić information content (AvgIpc) is 2.47. The molecule has 2 rings (SSSR count). The van der Waals surface area contributed by atoms with Crippen molar-refractivity contribution in [1.82, 2.24) is 9.62 Å². The summed E-state index contributed by atoms with van der Waals surface area (Å²) in [6.45, 7) is 5.77. The van der Waals surface area contributed by atoms with E-state index >= 15 is 0 Å². The molecule has 0 aromatic heterocycles.